The highest BCUT2D eigenvalue weighted by Gasteiger charge is 2.40. The van der Waals surface area contributed by atoms with Gasteiger partial charge in [0.15, 0.2) is 5.96 Å². The fraction of sp³-hybridized carbons (Fsp3) is 0.500. The first-order valence-electron chi connectivity index (χ1n) is 6.30. The summed E-state index contributed by atoms with van der Waals surface area (Å²) in [7, 11) is 0. The van der Waals surface area contributed by atoms with Crippen molar-refractivity contribution in [2.24, 2.45) is 10.7 Å². The van der Waals surface area contributed by atoms with Crippen LogP contribution in [0, 0.1) is 6.92 Å². The summed E-state index contributed by atoms with van der Waals surface area (Å²) in [5, 5.41) is 0. The summed E-state index contributed by atoms with van der Waals surface area (Å²) >= 11 is 0. The van der Waals surface area contributed by atoms with E-state index in [-0.39, 0.29) is 5.54 Å². The van der Waals surface area contributed by atoms with Crippen LogP contribution < -0.4 is 10.6 Å². The maximum Gasteiger partial charge on any atom is 0.196 e. The zero-order chi connectivity index (χ0) is 12.5. The van der Waals surface area contributed by atoms with Crippen LogP contribution in [0.15, 0.2) is 29.3 Å². The topological polar surface area (TPSA) is 41.6 Å². The van der Waals surface area contributed by atoms with Crippen molar-refractivity contribution >= 4 is 11.6 Å². The molecule has 0 radical (unpaired) electrons. The Hall–Kier alpha value is -1.51. The van der Waals surface area contributed by atoms with Gasteiger partial charge >= 0.3 is 0 Å². The lowest BCUT2D eigenvalue weighted by atomic mass is 9.91. The zero-order valence-electron chi connectivity index (χ0n) is 10.9. The number of nitrogens with two attached hydrogens (primary N) is 1. The Morgan fingerprint density at radius 2 is 2.06 bits per heavy atom. The second-order valence-electron chi connectivity index (χ2n) is 4.78. The Labute approximate surface area is 103 Å². The van der Waals surface area contributed by atoms with Gasteiger partial charge in [-0.15, -0.1) is 0 Å². The molecule has 1 aliphatic heterocycles. The molecule has 1 heterocycles. The number of aliphatic imine (C=N–C) groups is 1. The molecule has 0 aromatic heterocycles. The number of anilines is 1. The molecule has 3 nitrogen and oxygen atoms in total. The summed E-state index contributed by atoms with van der Waals surface area (Å²) in [6.07, 6.45) is 2.11. The summed E-state index contributed by atoms with van der Waals surface area (Å²) in [6.45, 7) is 7.33. The Bertz CT molecular complexity index is 433. The molecule has 1 aromatic rings. The van der Waals surface area contributed by atoms with Gasteiger partial charge in [-0.1, -0.05) is 26.0 Å². The number of aryl methyl sites for hydroxylation is 1. The monoisotopic (exact) mass is 231 g/mol. The van der Waals surface area contributed by atoms with E-state index < -0.39 is 0 Å². The molecule has 0 atom stereocenters. The van der Waals surface area contributed by atoms with E-state index in [1.165, 1.54) is 5.56 Å². The normalized spacial score (nSPS) is 18.3. The molecule has 3 heteroatoms. The molecule has 17 heavy (non-hydrogen) atoms. The van der Waals surface area contributed by atoms with Gasteiger partial charge in [-0.3, -0.25) is 4.99 Å². The van der Waals surface area contributed by atoms with E-state index in [1.807, 2.05) is 0 Å². The molecule has 0 fully saturated rings. The highest BCUT2D eigenvalue weighted by atomic mass is 15.4. The zero-order valence-corrected chi connectivity index (χ0v) is 10.9. The molecule has 0 unspecified atom stereocenters. The third kappa shape index (κ3) is 1.90. The third-order valence-electron chi connectivity index (χ3n) is 3.81. The van der Waals surface area contributed by atoms with Gasteiger partial charge < -0.3 is 10.6 Å². The van der Waals surface area contributed by atoms with Gasteiger partial charge in [0.1, 0.15) is 0 Å². The summed E-state index contributed by atoms with van der Waals surface area (Å²) in [5.74, 6) is 0.652. The van der Waals surface area contributed by atoms with E-state index in [1.54, 1.807) is 0 Å². The van der Waals surface area contributed by atoms with Gasteiger partial charge in [-0.05, 0) is 37.5 Å². The number of hydrogen-bond donors (Lipinski definition) is 1. The molecule has 0 aliphatic carbocycles. The van der Waals surface area contributed by atoms with Crippen LogP contribution in [0.5, 0.6) is 0 Å². The Balaban J connectivity index is 2.43. The summed E-state index contributed by atoms with van der Waals surface area (Å²) in [4.78, 5) is 6.65. The van der Waals surface area contributed by atoms with Crippen LogP contribution in [0.2, 0.25) is 0 Å². The van der Waals surface area contributed by atoms with Gasteiger partial charge in [0, 0.05) is 5.69 Å². The van der Waals surface area contributed by atoms with Gasteiger partial charge in [-0.2, -0.15) is 0 Å². The number of nitrogens with zero attached hydrogens (tertiary/aromatic N) is 2. The van der Waals surface area contributed by atoms with Crippen LogP contribution in [0.25, 0.3) is 0 Å². The molecule has 0 spiro atoms. The summed E-state index contributed by atoms with van der Waals surface area (Å²) < 4.78 is 0. The number of benzene rings is 1. The van der Waals surface area contributed by atoms with E-state index in [0.717, 1.165) is 25.1 Å². The minimum atomic E-state index is 0.0673. The molecule has 2 rings (SSSR count). The SMILES string of the molecule is CCC1(CC)CN=C(N)N1c1cccc(C)c1. The smallest absolute Gasteiger partial charge is 0.196 e. The predicted molar refractivity (Wildman–Crippen MR) is 73.5 cm³/mol. The van der Waals surface area contributed by atoms with Crippen molar-refractivity contribution in [1.82, 2.24) is 0 Å². The quantitative estimate of drug-likeness (QED) is 0.869. The van der Waals surface area contributed by atoms with Gasteiger partial charge in [0.25, 0.3) is 0 Å². The van der Waals surface area contributed by atoms with Crippen molar-refractivity contribution in [2.75, 3.05) is 11.4 Å². The van der Waals surface area contributed by atoms with E-state index in [9.17, 15) is 0 Å². The average Bonchev–Trinajstić information content (AvgIpc) is 2.67. The second-order valence-corrected chi connectivity index (χ2v) is 4.78. The Morgan fingerprint density at radius 1 is 1.35 bits per heavy atom. The molecular weight excluding hydrogens is 210 g/mol. The van der Waals surface area contributed by atoms with Gasteiger partial charge in [0.05, 0.1) is 12.1 Å². The first-order chi connectivity index (χ1) is 8.13. The number of hydrogen-bond acceptors (Lipinski definition) is 3. The minimum Gasteiger partial charge on any atom is -0.369 e. The van der Waals surface area contributed by atoms with Crippen molar-refractivity contribution in [3.8, 4) is 0 Å². The number of guanidine groups is 1. The van der Waals surface area contributed by atoms with E-state index in [2.05, 4.69) is 54.9 Å². The van der Waals surface area contributed by atoms with Gasteiger partial charge in [0.2, 0.25) is 0 Å². The van der Waals surface area contributed by atoms with Crippen LogP contribution in [0.4, 0.5) is 5.69 Å². The largest absolute Gasteiger partial charge is 0.369 e. The fourth-order valence-corrected chi connectivity index (χ4v) is 2.58. The molecule has 1 aliphatic rings. The fourth-order valence-electron chi connectivity index (χ4n) is 2.58. The number of rotatable bonds is 3. The first-order valence-corrected chi connectivity index (χ1v) is 6.30. The highest BCUT2D eigenvalue weighted by molar-refractivity contribution is 5.98. The lowest BCUT2D eigenvalue weighted by Gasteiger charge is -2.38. The molecule has 1 aromatic carbocycles. The van der Waals surface area contributed by atoms with Crippen molar-refractivity contribution in [3.63, 3.8) is 0 Å². The average molecular weight is 231 g/mol. The van der Waals surface area contributed by atoms with Crippen molar-refractivity contribution in [3.05, 3.63) is 29.8 Å². The molecule has 0 bridgehead atoms. The van der Waals surface area contributed by atoms with Gasteiger partial charge in [-0.25, -0.2) is 0 Å². The maximum atomic E-state index is 6.06. The van der Waals surface area contributed by atoms with Crippen LogP contribution in [-0.2, 0) is 0 Å². The van der Waals surface area contributed by atoms with Crippen molar-refractivity contribution < 1.29 is 0 Å². The Kier molecular flexibility index (Phi) is 3.09. The first kappa shape index (κ1) is 12.0. The second kappa shape index (κ2) is 4.40. The Morgan fingerprint density at radius 3 is 2.65 bits per heavy atom. The van der Waals surface area contributed by atoms with Crippen LogP contribution >= 0.6 is 0 Å². The third-order valence-corrected chi connectivity index (χ3v) is 3.81. The highest BCUT2D eigenvalue weighted by Crippen LogP contribution is 2.34. The van der Waals surface area contributed by atoms with Crippen LogP contribution in [0.3, 0.4) is 0 Å². The summed E-state index contributed by atoms with van der Waals surface area (Å²) in [5.41, 5.74) is 8.54. The molecule has 0 saturated heterocycles. The molecular formula is C14H21N3. The molecule has 0 amide bonds. The molecule has 0 saturated carbocycles. The summed E-state index contributed by atoms with van der Waals surface area (Å²) in [6, 6.07) is 8.47. The maximum absolute atomic E-state index is 6.06. The molecule has 2 N–H and O–H groups in total. The van der Waals surface area contributed by atoms with E-state index in [4.69, 9.17) is 5.73 Å². The van der Waals surface area contributed by atoms with Crippen LogP contribution in [-0.4, -0.2) is 18.0 Å². The van der Waals surface area contributed by atoms with E-state index in [0.29, 0.717) is 5.96 Å². The predicted octanol–water partition coefficient (Wildman–Crippen LogP) is 2.69. The van der Waals surface area contributed by atoms with Crippen molar-refractivity contribution in [2.45, 2.75) is 39.2 Å². The van der Waals surface area contributed by atoms with Crippen molar-refractivity contribution in [1.29, 1.82) is 0 Å². The molecule has 92 valence electrons. The van der Waals surface area contributed by atoms with Crippen LogP contribution in [0.1, 0.15) is 32.3 Å². The van der Waals surface area contributed by atoms with E-state index >= 15 is 0 Å². The lowest BCUT2D eigenvalue weighted by Crippen LogP contribution is -2.51. The standard InChI is InChI=1S/C14H21N3/c1-4-14(5-2)10-16-13(15)17(14)12-8-6-7-11(3)9-12/h6-9H,4-5,10H2,1-3H3,(H2,15,16). The lowest BCUT2D eigenvalue weighted by molar-refractivity contribution is 0.426. The minimum absolute atomic E-state index is 0.0673.